The lowest BCUT2D eigenvalue weighted by atomic mass is 10.1. The van der Waals surface area contributed by atoms with E-state index in [-0.39, 0.29) is 23.3 Å². The molecule has 0 spiro atoms. The third-order valence-electron chi connectivity index (χ3n) is 7.42. The maximum Gasteiger partial charge on any atom is 0.332 e. The summed E-state index contributed by atoms with van der Waals surface area (Å²) in [7, 11) is 3.38. The van der Waals surface area contributed by atoms with E-state index in [0.29, 0.717) is 37.0 Å². The van der Waals surface area contributed by atoms with Crippen LogP contribution in [0.1, 0.15) is 123 Å². The van der Waals surface area contributed by atoms with Crippen LogP contribution in [0.25, 0.3) is 11.2 Å². The van der Waals surface area contributed by atoms with Gasteiger partial charge in [0.1, 0.15) is 0 Å². The van der Waals surface area contributed by atoms with Crippen molar-refractivity contribution in [2.24, 2.45) is 14.1 Å². The number of hydrogen-bond acceptors (Lipinski definition) is 5. The fraction of sp³-hybridized carbons (Fsp3) is 0.742. The maximum atomic E-state index is 12.8. The number of hydrogen-bond donors (Lipinski definition) is 0. The minimum Gasteiger partial charge on any atom is -0.463 e. The molecule has 39 heavy (non-hydrogen) atoms. The molecule has 0 aliphatic carbocycles. The third-order valence-corrected chi connectivity index (χ3v) is 7.42. The van der Waals surface area contributed by atoms with Gasteiger partial charge in [-0.15, -0.1) is 0 Å². The van der Waals surface area contributed by atoms with E-state index >= 15 is 0 Å². The van der Waals surface area contributed by atoms with Crippen LogP contribution in [0.5, 0.6) is 0 Å². The van der Waals surface area contributed by atoms with Crippen LogP contribution in [0.4, 0.5) is 0 Å². The number of carbonyl (C=O) groups excluding carboxylic acids is 1. The van der Waals surface area contributed by atoms with Crippen molar-refractivity contribution in [2.45, 2.75) is 136 Å². The Kier molecular flexibility index (Phi) is 15.5. The molecule has 0 amide bonds. The second kappa shape index (κ2) is 18.6. The van der Waals surface area contributed by atoms with Gasteiger partial charge in [-0.1, -0.05) is 70.4 Å². The number of nitrogens with zero attached hydrogens (tertiary/aromatic N) is 4. The van der Waals surface area contributed by atoms with Crippen LogP contribution in [-0.2, 0) is 30.2 Å². The van der Waals surface area contributed by atoms with Crippen molar-refractivity contribution < 1.29 is 9.53 Å². The lowest BCUT2D eigenvalue weighted by Gasteiger charge is -2.13. The van der Waals surface area contributed by atoms with Crippen molar-refractivity contribution in [2.75, 3.05) is 0 Å². The number of allylic oxidation sites excluding steroid dienone is 2. The molecule has 1 atom stereocenters. The van der Waals surface area contributed by atoms with Crippen LogP contribution in [0.15, 0.2) is 28.1 Å². The Morgan fingerprint density at radius 3 is 2.18 bits per heavy atom. The summed E-state index contributed by atoms with van der Waals surface area (Å²) in [4.78, 5) is 41.6. The fourth-order valence-electron chi connectivity index (χ4n) is 4.98. The zero-order valence-electron chi connectivity index (χ0n) is 25.0. The Hall–Kier alpha value is -2.64. The van der Waals surface area contributed by atoms with Crippen molar-refractivity contribution in [3.05, 3.63) is 39.3 Å². The first-order valence-electron chi connectivity index (χ1n) is 15.3. The first-order valence-corrected chi connectivity index (χ1v) is 15.3. The van der Waals surface area contributed by atoms with E-state index in [9.17, 15) is 14.4 Å². The zero-order valence-corrected chi connectivity index (χ0v) is 25.0. The Bertz CT molecular complexity index is 1130. The van der Waals surface area contributed by atoms with Crippen LogP contribution in [0.3, 0.4) is 0 Å². The molecule has 2 aromatic heterocycles. The fourth-order valence-corrected chi connectivity index (χ4v) is 4.98. The molecule has 220 valence electrons. The monoisotopic (exact) mass is 544 g/mol. The Morgan fingerprint density at radius 2 is 1.51 bits per heavy atom. The normalized spacial score (nSPS) is 12.5. The van der Waals surface area contributed by atoms with Gasteiger partial charge in [0.05, 0.1) is 12.4 Å². The van der Waals surface area contributed by atoms with E-state index in [0.717, 1.165) is 32.1 Å². The number of fused-ring (bicyclic) bond motifs is 1. The smallest absolute Gasteiger partial charge is 0.332 e. The molecule has 0 aliphatic heterocycles. The first-order chi connectivity index (χ1) is 18.9. The molecule has 2 rings (SSSR count). The molecule has 0 radical (unpaired) electrons. The van der Waals surface area contributed by atoms with Gasteiger partial charge in [0, 0.05) is 27.1 Å². The first kappa shape index (κ1) is 32.6. The highest BCUT2D eigenvalue weighted by molar-refractivity contribution is 5.70. The summed E-state index contributed by atoms with van der Waals surface area (Å²) < 4.78 is 9.89. The Balaban J connectivity index is 1.50. The number of imidazole rings is 1. The van der Waals surface area contributed by atoms with Gasteiger partial charge < -0.3 is 9.30 Å². The van der Waals surface area contributed by atoms with E-state index < -0.39 is 0 Å². The van der Waals surface area contributed by atoms with Crippen LogP contribution in [0, 0.1) is 0 Å². The molecule has 2 heterocycles. The number of unbranched alkanes of at least 4 members (excludes halogenated alkanes) is 12. The molecule has 0 bridgehead atoms. The second-order valence-electron chi connectivity index (χ2n) is 11.0. The molecule has 0 saturated carbocycles. The third kappa shape index (κ3) is 11.6. The highest BCUT2D eigenvalue weighted by atomic mass is 16.5. The van der Waals surface area contributed by atoms with E-state index in [4.69, 9.17) is 4.74 Å². The average Bonchev–Trinajstić information content (AvgIpc) is 3.30. The van der Waals surface area contributed by atoms with Crippen molar-refractivity contribution >= 4 is 17.1 Å². The minimum atomic E-state index is -0.356. The Labute approximate surface area is 234 Å². The van der Waals surface area contributed by atoms with Crippen molar-refractivity contribution in [1.82, 2.24) is 18.7 Å². The number of esters is 1. The highest BCUT2D eigenvalue weighted by Gasteiger charge is 2.15. The van der Waals surface area contributed by atoms with Gasteiger partial charge in [-0.3, -0.25) is 18.7 Å². The highest BCUT2D eigenvalue weighted by Crippen LogP contribution is 2.12. The van der Waals surface area contributed by atoms with Crippen molar-refractivity contribution in [3.8, 4) is 0 Å². The molecular formula is C31H52N4O4. The summed E-state index contributed by atoms with van der Waals surface area (Å²) in [5.41, 5.74) is 0.156. The number of carbonyl (C=O) groups is 1. The molecule has 0 fully saturated rings. The summed E-state index contributed by atoms with van der Waals surface area (Å²) in [6.07, 6.45) is 24.7. The lowest BCUT2D eigenvalue weighted by molar-refractivity contribution is -0.148. The molecule has 0 aliphatic rings. The number of aromatic nitrogens is 4. The standard InChI is InChI=1S/C31H52N4O4/c1-5-6-7-8-9-10-11-12-13-14-15-16-17-18-19-23-27(36)39-26(2)22-20-21-24-35-30(37)28-29(32-25-33(28)3)34(4)31(35)38/h12-13,25-26H,5-11,14-24H2,1-4H3/b13-12-. The zero-order chi connectivity index (χ0) is 28.5. The summed E-state index contributed by atoms with van der Waals surface area (Å²) in [6.45, 7) is 4.50. The molecular weight excluding hydrogens is 492 g/mol. The molecule has 1 unspecified atom stereocenters. The maximum absolute atomic E-state index is 12.8. The lowest BCUT2D eigenvalue weighted by Crippen LogP contribution is -2.39. The summed E-state index contributed by atoms with van der Waals surface area (Å²) in [5, 5.41) is 0. The number of rotatable bonds is 21. The number of aryl methyl sites for hydroxylation is 2. The van der Waals surface area contributed by atoms with E-state index in [1.807, 2.05) is 6.92 Å². The van der Waals surface area contributed by atoms with Gasteiger partial charge in [-0.05, 0) is 58.3 Å². The van der Waals surface area contributed by atoms with Crippen molar-refractivity contribution in [3.63, 3.8) is 0 Å². The summed E-state index contributed by atoms with van der Waals surface area (Å²) >= 11 is 0. The minimum absolute atomic E-state index is 0.133. The molecule has 0 N–H and O–H groups in total. The average molecular weight is 545 g/mol. The van der Waals surface area contributed by atoms with Crippen LogP contribution in [-0.4, -0.2) is 30.8 Å². The summed E-state index contributed by atoms with van der Waals surface area (Å²) in [5.74, 6) is -0.133. The Morgan fingerprint density at radius 1 is 0.897 bits per heavy atom. The van der Waals surface area contributed by atoms with Gasteiger partial charge in [0.2, 0.25) is 0 Å². The molecule has 0 aromatic carbocycles. The van der Waals surface area contributed by atoms with Gasteiger partial charge in [0.15, 0.2) is 11.2 Å². The topological polar surface area (TPSA) is 88.1 Å². The van der Waals surface area contributed by atoms with Gasteiger partial charge in [-0.2, -0.15) is 0 Å². The van der Waals surface area contributed by atoms with Crippen LogP contribution >= 0.6 is 0 Å². The summed E-state index contributed by atoms with van der Waals surface area (Å²) in [6, 6.07) is 0. The van der Waals surface area contributed by atoms with Crippen molar-refractivity contribution in [1.29, 1.82) is 0 Å². The van der Waals surface area contributed by atoms with Gasteiger partial charge in [-0.25, -0.2) is 9.78 Å². The predicted molar refractivity (Wildman–Crippen MR) is 159 cm³/mol. The predicted octanol–water partition coefficient (Wildman–Crippen LogP) is 6.57. The largest absolute Gasteiger partial charge is 0.463 e. The molecule has 8 heteroatoms. The van der Waals surface area contributed by atoms with Crippen LogP contribution < -0.4 is 11.2 Å². The quantitative estimate of drug-likeness (QED) is 0.101. The van der Waals surface area contributed by atoms with E-state index in [2.05, 4.69) is 24.1 Å². The second-order valence-corrected chi connectivity index (χ2v) is 11.0. The van der Waals surface area contributed by atoms with Gasteiger partial charge >= 0.3 is 11.7 Å². The SMILES string of the molecule is CCCCCCCC/C=C\CCCCCCCC(=O)OC(C)CCCCn1c(=O)c2c(ncn2C)n(C)c1=O. The number of ether oxygens (including phenoxy) is 1. The molecule has 2 aromatic rings. The van der Waals surface area contributed by atoms with Gasteiger partial charge in [0.25, 0.3) is 5.56 Å². The molecule has 8 nitrogen and oxygen atoms in total. The van der Waals surface area contributed by atoms with E-state index in [1.54, 1.807) is 25.0 Å². The van der Waals surface area contributed by atoms with Crippen LogP contribution in [0.2, 0.25) is 0 Å². The van der Waals surface area contributed by atoms with E-state index in [1.165, 1.54) is 66.9 Å². The molecule has 0 saturated heterocycles.